The highest BCUT2D eigenvalue weighted by Crippen LogP contribution is 2.26. The van der Waals surface area contributed by atoms with Crippen LogP contribution < -0.4 is 10.1 Å². The minimum absolute atomic E-state index is 0.134. The number of carbonyl (C=O) groups excluding carboxylic acids is 1. The number of nitrogens with zero attached hydrogens (tertiary/aromatic N) is 2. The van der Waals surface area contributed by atoms with Gasteiger partial charge in [0.1, 0.15) is 11.6 Å². The molecule has 0 radical (unpaired) electrons. The van der Waals surface area contributed by atoms with Crippen LogP contribution in [-0.2, 0) is 16.8 Å². The summed E-state index contributed by atoms with van der Waals surface area (Å²) in [7, 11) is 1.63. The van der Waals surface area contributed by atoms with E-state index in [0.717, 1.165) is 5.69 Å². The molecule has 0 fully saturated rings. The van der Waals surface area contributed by atoms with Crippen LogP contribution in [0.25, 0.3) is 0 Å². The lowest BCUT2D eigenvalue weighted by molar-refractivity contribution is 0.102. The highest BCUT2D eigenvalue weighted by atomic mass is 32.1. The summed E-state index contributed by atoms with van der Waals surface area (Å²) in [4.78, 5) is 21.2. The number of nitrogens with one attached hydrogen (secondary N) is 1. The van der Waals surface area contributed by atoms with Crippen LogP contribution in [0.3, 0.4) is 0 Å². The summed E-state index contributed by atoms with van der Waals surface area (Å²) in [5.41, 5.74) is 1.89. The topological polar surface area (TPSA) is 73.3 Å². The molecule has 1 aromatic carbocycles. The smallest absolute Gasteiger partial charge is 0.256 e. The Hall–Kier alpha value is -2.77. The van der Waals surface area contributed by atoms with Crippen LogP contribution in [0.4, 0.5) is 5.69 Å². The van der Waals surface area contributed by atoms with Crippen molar-refractivity contribution in [2.45, 2.75) is 32.8 Å². The van der Waals surface area contributed by atoms with Crippen molar-refractivity contribution in [3.8, 4) is 11.6 Å². The Morgan fingerprint density at radius 2 is 1.89 bits per heavy atom. The Morgan fingerprint density at radius 3 is 2.50 bits per heavy atom. The van der Waals surface area contributed by atoms with E-state index in [-0.39, 0.29) is 11.3 Å². The molecule has 0 unspecified atom stereocenters. The van der Waals surface area contributed by atoms with Crippen LogP contribution >= 0.6 is 11.3 Å². The number of amides is 1. The summed E-state index contributed by atoms with van der Waals surface area (Å²) in [5.74, 6) is 1.64. The number of rotatable bonds is 6. The fourth-order valence-electron chi connectivity index (χ4n) is 2.41. The molecular weight excluding hydrogens is 374 g/mol. The quantitative estimate of drug-likeness (QED) is 0.632. The number of ether oxygens (including phenoxy) is 2. The van der Waals surface area contributed by atoms with Crippen LogP contribution in [0.5, 0.6) is 11.6 Å². The maximum Gasteiger partial charge on any atom is 0.256 e. The second-order valence-electron chi connectivity index (χ2n) is 7.30. The molecule has 6 nitrogen and oxygen atoms in total. The average molecular weight is 398 g/mol. The van der Waals surface area contributed by atoms with Gasteiger partial charge in [0.15, 0.2) is 0 Å². The summed E-state index contributed by atoms with van der Waals surface area (Å²) >= 11 is 1.49. The fraction of sp³-hybridized carbons (Fsp3) is 0.286. The lowest BCUT2D eigenvalue weighted by Crippen LogP contribution is -2.17. The van der Waals surface area contributed by atoms with Gasteiger partial charge in [-0.3, -0.25) is 4.79 Å². The maximum atomic E-state index is 12.1. The van der Waals surface area contributed by atoms with Crippen LogP contribution in [0, 0.1) is 0 Å². The van der Waals surface area contributed by atoms with Gasteiger partial charge in [0, 0.05) is 29.7 Å². The highest BCUT2D eigenvalue weighted by molar-refractivity contribution is 7.08. The number of methoxy groups -OCH3 is 1. The molecule has 0 saturated heterocycles. The molecule has 0 aliphatic heterocycles. The molecule has 0 spiro atoms. The van der Waals surface area contributed by atoms with E-state index < -0.39 is 0 Å². The Labute approximate surface area is 168 Å². The Bertz CT molecular complexity index is 933. The van der Waals surface area contributed by atoms with Crippen molar-refractivity contribution in [3.63, 3.8) is 0 Å². The van der Waals surface area contributed by atoms with E-state index in [1.54, 1.807) is 43.5 Å². The predicted octanol–water partition coefficient (Wildman–Crippen LogP) is 5.03. The largest absolute Gasteiger partial charge is 0.439 e. The van der Waals surface area contributed by atoms with Gasteiger partial charge >= 0.3 is 0 Å². The second-order valence-corrected chi connectivity index (χ2v) is 8.08. The zero-order valence-corrected chi connectivity index (χ0v) is 17.2. The van der Waals surface area contributed by atoms with Gasteiger partial charge in [0.2, 0.25) is 5.88 Å². The standard InChI is InChI=1S/C21H23N3O3S/c1-21(2,3)20-23-16(12-26-4)11-18(24-20)27-17-7-5-15(6-8-17)22-19(25)14-9-10-28-13-14/h5-11,13H,12H2,1-4H3,(H,22,25). The van der Waals surface area contributed by atoms with Crippen LogP contribution in [-0.4, -0.2) is 23.0 Å². The summed E-state index contributed by atoms with van der Waals surface area (Å²) in [6, 6.07) is 10.7. The Morgan fingerprint density at radius 1 is 1.14 bits per heavy atom. The molecule has 0 atom stereocenters. The second kappa shape index (κ2) is 8.50. The van der Waals surface area contributed by atoms with Crippen LogP contribution in [0.15, 0.2) is 47.2 Å². The fourth-order valence-corrected chi connectivity index (χ4v) is 3.04. The third-order valence-corrected chi connectivity index (χ3v) is 4.52. The number of carbonyl (C=O) groups is 1. The minimum atomic E-state index is -0.211. The number of anilines is 1. The first-order chi connectivity index (χ1) is 13.3. The van der Waals surface area contributed by atoms with E-state index in [1.165, 1.54) is 11.3 Å². The van der Waals surface area contributed by atoms with Gasteiger partial charge in [-0.05, 0) is 35.7 Å². The lowest BCUT2D eigenvalue weighted by atomic mass is 9.95. The molecule has 0 saturated carbocycles. The summed E-state index contributed by atoms with van der Waals surface area (Å²) < 4.78 is 11.1. The van der Waals surface area contributed by atoms with E-state index in [4.69, 9.17) is 9.47 Å². The zero-order chi connectivity index (χ0) is 20.1. The van der Waals surface area contributed by atoms with Crippen molar-refractivity contribution < 1.29 is 14.3 Å². The number of thiophene rings is 1. The van der Waals surface area contributed by atoms with Gasteiger partial charge in [-0.15, -0.1) is 0 Å². The lowest BCUT2D eigenvalue weighted by Gasteiger charge is -2.18. The van der Waals surface area contributed by atoms with Gasteiger partial charge < -0.3 is 14.8 Å². The summed E-state index contributed by atoms with van der Waals surface area (Å²) in [6.45, 7) is 6.53. The first-order valence-electron chi connectivity index (χ1n) is 8.84. The molecule has 28 heavy (non-hydrogen) atoms. The van der Waals surface area contributed by atoms with Crippen molar-refractivity contribution in [2.24, 2.45) is 0 Å². The first kappa shape index (κ1) is 20.0. The van der Waals surface area contributed by atoms with Gasteiger partial charge in [0.05, 0.1) is 17.9 Å². The molecule has 1 N–H and O–H groups in total. The number of hydrogen-bond donors (Lipinski definition) is 1. The molecule has 3 rings (SSSR count). The highest BCUT2D eigenvalue weighted by Gasteiger charge is 2.20. The van der Waals surface area contributed by atoms with Crippen LogP contribution in [0.1, 0.15) is 42.6 Å². The summed E-state index contributed by atoms with van der Waals surface area (Å²) in [6.07, 6.45) is 0. The van der Waals surface area contributed by atoms with Gasteiger partial charge in [0.25, 0.3) is 5.91 Å². The van der Waals surface area contributed by atoms with E-state index >= 15 is 0 Å². The third-order valence-electron chi connectivity index (χ3n) is 3.84. The Kier molecular flexibility index (Phi) is 6.06. The molecule has 7 heteroatoms. The molecule has 3 aromatic rings. The minimum Gasteiger partial charge on any atom is -0.439 e. The van der Waals surface area contributed by atoms with Crippen molar-refractivity contribution in [2.75, 3.05) is 12.4 Å². The molecule has 146 valence electrons. The van der Waals surface area contributed by atoms with Gasteiger partial charge in [-0.2, -0.15) is 16.3 Å². The van der Waals surface area contributed by atoms with E-state index in [9.17, 15) is 4.79 Å². The monoisotopic (exact) mass is 397 g/mol. The molecule has 0 bridgehead atoms. The van der Waals surface area contributed by atoms with Gasteiger partial charge in [-0.25, -0.2) is 4.98 Å². The van der Waals surface area contributed by atoms with E-state index in [0.29, 0.717) is 35.3 Å². The number of benzene rings is 1. The maximum absolute atomic E-state index is 12.1. The van der Waals surface area contributed by atoms with Crippen molar-refractivity contribution in [1.82, 2.24) is 9.97 Å². The predicted molar refractivity (Wildman–Crippen MR) is 110 cm³/mol. The van der Waals surface area contributed by atoms with E-state index in [1.807, 2.05) is 31.5 Å². The normalized spacial score (nSPS) is 11.3. The molecule has 2 aromatic heterocycles. The Balaban J connectivity index is 1.74. The van der Waals surface area contributed by atoms with Crippen molar-refractivity contribution >= 4 is 22.9 Å². The van der Waals surface area contributed by atoms with E-state index in [2.05, 4.69) is 15.3 Å². The number of aromatic nitrogens is 2. The molecule has 0 aliphatic rings. The first-order valence-corrected chi connectivity index (χ1v) is 9.78. The third kappa shape index (κ3) is 5.15. The van der Waals surface area contributed by atoms with Crippen molar-refractivity contribution in [3.05, 3.63) is 64.2 Å². The average Bonchev–Trinajstić information content (AvgIpc) is 3.18. The molecule has 2 heterocycles. The van der Waals surface area contributed by atoms with Crippen LogP contribution in [0.2, 0.25) is 0 Å². The molecular formula is C21H23N3O3S. The molecule has 1 amide bonds. The zero-order valence-electron chi connectivity index (χ0n) is 16.4. The summed E-state index contributed by atoms with van der Waals surface area (Å²) in [5, 5.41) is 6.54. The van der Waals surface area contributed by atoms with Gasteiger partial charge in [-0.1, -0.05) is 20.8 Å². The number of hydrogen-bond acceptors (Lipinski definition) is 6. The molecule has 0 aliphatic carbocycles. The SMILES string of the molecule is COCc1cc(Oc2ccc(NC(=O)c3ccsc3)cc2)nc(C(C)(C)C)n1. The van der Waals surface area contributed by atoms with Crippen molar-refractivity contribution in [1.29, 1.82) is 0 Å².